The molecule has 1 aromatic heterocycles. The maximum atomic E-state index is 11.8. The molecule has 1 amide bonds. The van der Waals surface area contributed by atoms with E-state index in [1.807, 2.05) is 37.2 Å². The van der Waals surface area contributed by atoms with Gasteiger partial charge < -0.3 is 19.4 Å². The molecule has 7 nitrogen and oxygen atoms in total. The zero-order chi connectivity index (χ0) is 15.2. The molecule has 1 N–H and O–H groups in total. The molecule has 0 bridgehead atoms. The lowest BCUT2D eigenvalue weighted by Gasteiger charge is -2.08. The van der Waals surface area contributed by atoms with Crippen LogP contribution in [0.25, 0.3) is 11.5 Å². The van der Waals surface area contributed by atoms with Crippen molar-refractivity contribution in [1.82, 2.24) is 20.4 Å². The number of carbonyl (C=O) groups is 1. The molecule has 0 aliphatic carbocycles. The molecule has 1 aromatic carbocycles. The molecule has 0 unspecified atom stereocenters. The van der Waals surface area contributed by atoms with Crippen LogP contribution in [-0.2, 0) is 0 Å². The van der Waals surface area contributed by atoms with E-state index in [2.05, 4.69) is 15.5 Å². The van der Waals surface area contributed by atoms with Crippen LogP contribution in [0.3, 0.4) is 0 Å². The second-order valence-electron chi connectivity index (χ2n) is 4.70. The van der Waals surface area contributed by atoms with Crippen molar-refractivity contribution in [3.63, 3.8) is 0 Å². The van der Waals surface area contributed by atoms with E-state index in [0.717, 1.165) is 6.54 Å². The smallest absolute Gasteiger partial charge is 0.308 e. The highest BCUT2D eigenvalue weighted by molar-refractivity contribution is 5.89. The molecule has 0 aliphatic rings. The van der Waals surface area contributed by atoms with Gasteiger partial charge in [-0.2, -0.15) is 0 Å². The van der Waals surface area contributed by atoms with E-state index in [9.17, 15) is 4.79 Å². The first-order valence-corrected chi connectivity index (χ1v) is 6.51. The lowest BCUT2D eigenvalue weighted by molar-refractivity contribution is 0.0917. The Labute approximate surface area is 122 Å². The third kappa shape index (κ3) is 4.03. The van der Waals surface area contributed by atoms with E-state index in [0.29, 0.717) is 17.9 Å². The van der Waals surface area contributed by atoms with Crippen molar-refractivity contribution in [3.05, 3.63) is 30.2 Å². The minimum atomic E-state index is -0.376. The van der Waals surface area contributed by atoms with Crippen LogP contribution in [0.2, 0.25) is 0 Å². The van der Waals surface area contributed by atoms with Crippen molar-refractivity contribution in [2.45, 2.75) is 0 Å². The monoisotopic (exact) mass is 290 g/mol. The lowest BCUT2D eigenvalue weighted by Crippen LogP contribution is -2.31. The van der Waals surface area contributed by atoms with Gasteiger partial charge in [-0.1, -0.05) is 6.07 Å². The van der Waals surface area contributed by atoms with Crippen molar-refractivity contribution >= 4 is 5.91 Å². The standard InChI is InChI=1S/C14H18N4O3/c1-18(2)8-7-15-12(19)14-17-16-13(21-14)10-5-4-6-11(9-10)20-3/h4-6,9H,7-8H2,1-3H3,(H,15,19). The molecule has 0 fully saturated rings. The minimum Gasteiger partial charge on any atom is -0.497 e. The van der Waals surface area contributed by atoms with E-state index in [1.165, 1.54) is 0 Å². The molecule has 2 aromatic rings. The van der Waals surface area contributed by atoms with Crippen LogP contribution < -0.4 is 10.1 Å². The summed E-state index contributed by atoms with van der Waals surface area (Å²) in [7, 11) is 5.44. The van der Waals surface area contributed by atoms with Crippen LogP contribution >= 0.6 is 0 Å². The number of hydrogen-bond acceptors (Lipinski definition) is 6. The molecule has 0 spiro atoms. The van der Waals surface area contributed by atoms with Gasteiger partial charge in [0.05, 0.1) is 7.11 Å². The minimum absolute atomic E-state index is 0.0495. The highest BCUT2D eigenvalue weighted by atomic mass is 16.5. The normalized spacial score (nSPS) is 10.7. The van der Waals surface area contributed by atoms with Crippen molar-refractivity contribution < 1.29 is 13.9 Å². The summed E-state index contributed by atoms with van der Waals surface area (Å²) >= 11 is 0. The average Bonchev–Trinajstić information content (AvgIpc) is 2.97. The number of nitrogens with zero attached hydrogens (tertiary/aromatic N) is 3. The van der Waals surface area contributed by atoms with Gasteiger partial charge in [0.2, 0.25) is 5.89 Å². The van der Waals surface area contributed by atoms with Gasteiger partial charge in [0.25, 0.3) is 0 Å². The van der Waals surface area contributed by atoms with Crippen molar-refractivity contribution in [3.8, 4) is 17.2 Å². The summed E-state index contributed by atoms with van der Waals surface area (Å²) in [6, 6.07) is 7.20. The van der Waals surface area contributed by atoms with Crippen molar-refractivity contribution in [2.24, 2.45) is 0 Å². The molecule has 0 atom stereocenters. The molecular formula is C14H18N4O3. The Morgan fingerprint density at radius 1 is 1.38 bits per heavy atom. The number of likely N-dealkylation sites (N-methyl/N-ethyl adjacent to an activating group) is 1. The van der Waals surface area contributed by atoms with E-state index >= 15 is 0 Å². The van der Waals surface area contributed by atoms with Crippen LogP contribution in [0.1, 0.15) is 10.7 Å². The van der Waals surface area contributed by atoms with Gasteiger partial charge in [-0.15, -0.1) is 10.2 Å². The maximum Gasteiger partial charge on any atom is 0.308 e. The zero-order valence-electron chi connectivity index (χ0n) is 12.3. The summed E-state index contributed by atoms with van der Waals surface area (Å²) in [5.41, 5.74) is 0.703. The maximum absolute atomic E-state index is 11.8. The molecule has 7 heteroatoms. The fourth-order valence-corrected chi connectivity index (χ4v) is 1.66. The van der Waals surface area contributed by atoms with Crippen LogP contribution in [0.5, 0.6) is 5.75 Å². The second kappa shape index (κ2) is 6.85. The van der Waals surface area contributed by atoms with Gasteiger partial charge in [0, 0.05) is 18.7 Å². The highest BCUT2D eigenvalue weighted by Gasteiger charge is 2.15. The van der Waals surface area contributed by atoms with Crippen molar-refractivity contribution in [1.29, 1.82) is 0 Å². The predicted octanol–water partition coefficient (Wildman–Crippen LogP) is 1.04. The summed E-state index contributed by atoms with van der Waals surface area (Å²) in [5, 5.41) is 10.4. The molecule has 0 radical (unpaired) electrons. The Hall–Kier alpha value is -2.41. The Balaban J connectivity index is 2.05. The van der Waals surface area contributed by atoms with Gasteiger partial charge in [-0.05, 0) is 32.3 Å². The molecule has 21 heavy (non-hydrogen) atoms. The van der Waals surface area contributed by atoms with Gasteiger partial charge >= 0.3 is 11.8 Å². The van der Waals surface area contributed by atoms with E-state index < -0.39 is 0 Å². The Bertz CT molecular complexity index is 610. The summed E-state index contributed by atoms with van der Waals surface area (Å²) in [6.07, 6.45) is 0. The van der Waals surface area contributed by atoms with E-state index in [4.69, 9.17) is 9.15 Å². The molecule has 0 saturated heterocycles. The van der Waals surface area contributed by atoms with Crippen molar-refractivity contribution in [2.75, 3.05) is 34.3 Å². The Morgan fingerprint density at radius 3 is 2.90 bits per heavy atom. The first kappa shape index (κ1) is 15.0. The fraction of sp³-hybridized carbons (Fsp3) is 0.357. The summed E-state index contributed by atoms with van der Waals surface area (Å²) in [6.45, 7) is 1.26. The van der Waals surface area contributed by atoms with Crippen LogP contribution in [0.15, 0.2) is 28.7 Å². The highest BCUT2D eigenvalue weighted by Crippen LogP contribution is 2.22. The van der Waals surface area contributed by atoms with Gasteiger partial charge in [-0.25, -0.2) is 0 Å². The summed E-state index contributed by atoms with van der Waals surface area (Å²) in [4.78, 5) is 13.8. The Kier molecular flexibility index (Phi) is 4.89. The molecule has 112 valence electrons. The number of benzene rings is 1. The topological polar surface area (TPSA) is 80.5 Å². The quantitative estimate of drug-likeness (QED) is 0.856. The third-order valence-corrected chi connectivity index (χ3v) is 2.78. The Morgan fingerprint density at radius 2 is 2.19 bits per heavy atom. The lowest BCUT2D eigenvalue weighted by atomic mass is 10.2. The molecule has 1 heterocycles. The first-order chi connectivity index (χ1) is 10.1. The number of carbonyl (C=O) groups excluding carboxylic acids is 1. The third-order valence-electron chi connectivity index (χ3n) is 2.78. The first-order valence-electron chi connectivity index (χ1n) is 6.51. The number of ether oxygens (including phenoxy) is 1. The number of rotatable bonds is 6. The molecule has 0 saturated carbocycles. The predicted molar refractivity (Wildman–Crippen MR) is 77.2 cm³/mol. The van der Waals surface area contributed by atoms with Crippen LogP contribution in [0.4, 0.5) is 0 Å². The number of methoxy groups -OCH3 is 1. The number of aromatic nitrogens is 2. The van der Waals surface area contributed by atoms with Crippen LogP contribution in [-0.4, -0.2) is 55.3 Å². The van der Waals surface area contributed by atoms with E-state index in [1.54, 1.807) is 13.2 Å². The number of nitrogens with one attached hydrogen (secondary N) is 1. The molecule has 2 rings (SSSR count). The largest absolute Gasteiger partial charge is 0.497 e. The van der Waals surface area contributed by atoms with Gasteiger partial charge in [0.15, 0.2) is 0 Å². The summed E-state index contributed by atoms with van der Waals surface area (Å²) < 4.78 is 10.5. The number of hydrogen-bond donors (Lipinski definition) is 1. The van der Waals surface area contributed by atoms with Gasteiger partial charge in [-0.3, -0.25) is 4.79 Å². The average molecular weight is 290 g/mol. The second-order valence-corrected chi connectivity index (χ2v) is 4.70. The van der Waals surface area contributed by atoms with E-state index in [-0.39, 0.29) is 17.7 Å². The summed E-state index contributed by atoms with van der Waals surface area (Å²) in [5.74, 6) is 0.541. The molecular weight excluding hydrogens is 272 g/mol. The fourth-order valence-electron chi connectivity index (χ4n) is 1.66. The van der Waals surface area contributed by atoms with Gasteiger partial charge in [0.1, 0.15) is 5.75 Å². The SMILES string of the molecule is COc1cccc(-c2nnc(C(=O)NCCN(C)C)o2)c1. The zero-order valence-corrected chi connectivity index (χ0v) is 12.3. The molecule has 0 aliphatic heterocycles. The van der Waals surface area contributed by atoms with Crippen LogP contribution in [0, 0.1) is 0 Å². The number of amides is 1.